The van der Waals surface area contributed by atoms with E-state index in [9.17, 15) is 9.90 Å². The van der Waals surface area contributed by atoms with Crippen molar-refractivity contribution in [1.29, 1.82) is 0 Å². The van der Waals surface area contributed by atoms with Gasteiger partial charge in [-0.1, -0.05) is 26.8 Å². The summed E-state index contributed by atoms with van der Waals surface area (Å²) in [6.45, 7) is 7.55. The van der Waals surface area contributed by atoms with Crippen molar-refractivity contribution in [2.45, 2.75) is 46.6 Å². The van der Waals surface area contributed by atoms with Crippen molar-refractivity contribution >= 4 is 17.0 Å². The highest BCUT2D eigenvalue weighted by atomic mass is 16.4. The monoisotopic (exact) mass is 286 g/mol. The second-order valence-electron chi connectivity index (χ2n) is 6.76. The van der Waals surface area contributed by atoms with E-state index in [-0.39, 0.29) is 0 Å². The topological polar surface area (TPSA) is 55.1 Å². The van der Waals surface area contributed by atoms with Crippen molar-refractivity contribution in [3.8, 4) is 0 Å². The molecule has 0 bridgehead atoms. The molecule has 1 aromatic carbocycles. The van der Waals surface area contributed by atoms with Gasteiger partial charge >= 0.3 is 5.97 Å². The van der Waals surface area contributed by atoms with Gasteiger partial charge in [-0.2, -0.15) is 0 Å². The highest BCUT2D eigenvalue weighted by molar-refractivity contribution is 6.01. The molecule has 112 valence electrons. The van der Waals surface area contributed by atoms with Crippen molar-refractivity contribution in [1.82, 2.24) is 9.55 Å². The second-order valence-corrected chi connectivity index (χ2v) is 6.76. The molecule has 4 heteroatoms. The zero-order valence-electron chi connectivity index (χ0n) is 12.9. The molecule has 4 nitrogen and oxygen atoms in total. The Balaban J connectivity index is 2.13. The average Bonchev–Trinajstić information content (AvgIpc) is 2.87. The van der Waals surface area contributed by atoms with Gasteiger partial charge in [0, 0.05) is 13.0 Å². The summed E-state index contributed by atoms with van der Waals surface area (Å²) in [4.78, 5) is 16.2. The third-order valence-corrected chi connectivity index (χ3v) is 4.67. The molecular formula is C17H22N2O2. The highest BCUT2D eigenvalue weighted by Gasteiger charge is 2.45. The summed E-state index contributed by atoms with van der Waals surface area (Å²) >= 11 is 0. The van der Waals surface area contributed by atoms with Crippen LogP contribution in [0.4, 0.5) is 0 Å². The second kappa shape index (κ2) is 4.86. The number of hydrogen-bond acceptors (Lipinski definition) is 2. The molecule has 0 saturated heterocycles. The fourth-order valence-electron chi connectivity index (χ4n) is 3.13. The predicted molar refractivity (Wildman–Crippen MR) is 82.6 cm³/mol. The standard InChI is InChI=1S/C17H22N2O2/c1-4-6-14-18-13-8-5-7-12(16(20)21)15(13)19(14)10-11-9-17(11,2)3/h5,7-8,11H,4,6,9-10H2,1-3H3,(H,20,21). The Morgan fingerprint density at radius 1 is 1.48 bits per heavy atom. The number of aromatic nitrogens is 2. The smallest absolute Gasteiger partial charge is 0.337 e. The van der Waals surface area contributed by atoms with Crippen LogP contribution in [0.5, 0.6) is 0 Å². The molecule has 1 heterocycles. The zero-order chi connectivity index (χ0) is 15.2. The molecule has 1 N–H and O–H groups in total. The van der Waals surface area contributed by atoms with Gasteiger partial charge in [0.1, 0.15) is 5.82 Å². The van der Waals surface area contributed by atoms with Crippen LogP contribution in [0.15, 0.2) is 18.2 Å². The van der Waals surface area contributed by atoms with Crippen LogP contribution >= 0.6 is 0 Å². The molecule has 0 aliphatic heterocycles. The van der Waals surface area contributed by atoms with E-state index in [1.807, 2.05) is 6.07 Å². The van der Waals surface area contributed by atoms with E-state index in [0.29, 0.717) is 16.9 Å². The summed E-state index contributed by atoms with van der Waals surface area (Å²) in [5.74, 6) is 0.760. The van der Waals surface area contributed by atoms with Crippen molar-refractivity contribution < 1.29 is 9.90 Å². The number of hydrogen-bond donors (Lipinski definition) is 1. The van der Waals surface area contributed by atoms with Crippen molar-refractivity contribution in [2.24, 2.45) is 11.3 Å². The van der Waals surface area contributed by atoms with Gasteiger partial charge in [-0.15, -0.1) is 0 Å². The number of carbonyl (C=O) groups is 1. The predicted octanol–water partition coefficient (Wildman–Crippen LogP) is 3.73. The van der Waals surface area contributed by atoms with Crippen LogP contribution in [0.25, 0.3) is 11.0 Å². The minimum absolute atomic E-state index is 0.362. The summed E-state index contributed by atoms with van der Waals surface area (Å²) in [7, 11) is 0. The van der Waals surface area contributed by atoms with Crippen LogP contribution in [0.1, 0.15) is 49.8 Å². The molecule has 3 rings (SSSR count). The first-order valence-corrected chi connectivity index (χ1v) is 7.65. The number of aryl methyl sites for hydroxylation is 1. The Morgan fingerprint density at radius 2 is 2.19 bits per heavy atom. The Labute approximate surface area is 124 Å². The SMILES string of the molecule is CCCc1nc2cccc(C(=O)O)c2n1CC1CC1(C)C. The van der Waals surface area contributed by atoms with Crippen LogP contribution in [0, 0.1) is 11.3 Å². The molecule has 0 spiro atoms. The number of benzene rings is 1. The van der Waals surface area contributed by atoms with E-state index in [1.165, 1.54) is 6.42 Å². The molecule has 1 aliphatic rings. The van der Waals surface area contributed by atoms with Gasteiger partial charge in [0.2, 0.25) is 0 Å². The van der Waals surface area contributed by atoms with Gasteiger partial charge in [-0.3, -0.25) is 0 Å². The van der Waals surface area contributed by atoms with E-state index in [4.69, 9.17) is 0 Å². The molecule has 1 unspecified atom stereocenters. The molecule has 21 heavy (non-hydrogen) atoms. The minimum atomic E-state index is -0.875. The number of rotatable bonds is 5. The maximum atomic E-state index is 11.5. The van der Waals surface area contributed by atoms with Crippen LogP contribution in [-0.2, 0) is 13.0 Å². The lowest BCUT2D eigenvalue weighted by atomic mass is 10.1. The highest BCUT2D eigenvalue weighted by Crippen LogP contribution is 2.52. The fourth-order valence-corrected chi connectivity index (χ4v) is 3.13. The lowest BCUT2D eigenvalue weighted by molar-refractivity contribution is 0.0698. The third kappa shape index (κ3) is 2.43. The zero-order valence-corrected chi connectivity index (χ0v) is 12.9. The Kier molecular flexibility index (Phi) is 3.27. The quantitative estimate of drug-likeness (QED) is 0.911. The summed E-state index contributed by atoms with van der Waals surface area (Å²) in [5.41, 5.74) is 2.33. The Hall–Kier alpha value is -1.84. The lowest BCUT2D eigenvalue weighted by Gasteiger charge is -2.11. The Bertz CT molecular complexity index is 700. The average molecular weight is 286 g/mol. The molecule has 0 amide bonds. The fraction of sp³-hybridized carbons (Fsp3) is 0.529. The van der Waals surface area contributed by atoms with Gasteiger partial charge in [0.15, 0.2) is 0 Å². The molecule has 1 aromatic heterocycles. The van der Waals surface area contributed by atoms with E-state index in [0.717, 1.165) is 36.2 Å². The van der Waals surface area contributed by atoms with Crippen LogP contribution in [0.2, 0.25) is 0 Å². The molecule has 1 aliphatic carbocycles. The number of nitrogens with zero attached hydrogens (tertiary/aromatic N) is 2. The van der Waals surface area contributed by atoms with Gasteiger partial charge < -0.3 is 9.67 Å². The van der Waals surface area contributed by atoms with Crippen molar-refractivity contribution in [3.05, 3.63) is 29.6 Å². The number of carboxylic acid groups (broad SMARTS) is 1. The molecule has 2 aromatic rings. The Morgan fingerprint density at radius 3 is 2.76 bits per heavy atom. The molecule has 1 fully saturated rings. The minimum Gasteiger partial charge on any atom is -0.478 e. The third-order valence-electron chi connectivity index (χ3n) is 4.67. The number of carboxylic acids is 1. The van der Waals surface area contributed by atoms with Gasteiger partial charge in [-0.25, -0.2) is 9.78 Å². The van der Waals surface area contributed by atoms with E-state index in [1.54, 1.807) is 12.1 Å². The summed E-state index contributed by atoms with van der Waals surface area (Å²) < 4.78 is 2.15. The van der Waals surface area contributed by atoms with E-state index in [2.05, 4.69) is 30.3 Å². The summed E-state index contributed by atoms with van der Waals surface area (Å²) in [6, 6.07) is 5.37. The van der Waals surface area contributed by atoms with Crippen LogP contribution in [0.3, 0.4) is 0 Å². The summed E-state index contributed by atoms with van der Waals surface area (Å²) in [5, 5.41) is 9.46. The maximum absolute atomic E-state index is 11.5. The number of para-hydroxylation sites is 1. The molecular weight excluding hydrogens is 264 g/mol. The largest absolute Gasteiger partial charge is 0.478 e. The number of imidazole rings is 1. The van der Waals surface area contributed by atoms with Crippen molar-refractivity contribution in [2.75, 3.05) is 0 Å². The van der Waals surface area contributed by atoms with Gasteiger partial charge in [-0.05, 0) is 36.3 Å². The number of fused-ring (bicyclic) bond motifs is 1. The van der Waals surface area contributed by atoms with Crippen LogP contribution < -0.4 is 0 Å². The molecule has 1 atom stereocenters. The number of aromatic carboxylic acids is 1. The van der Waals surface area contributed by atoms with Gasteiger partial charge in [0.25, 0.3) is 0 Å². The first-order valence-electron chi connectivity index (χ1n) is 7.65. The normalized spacial score (nSPS) is 19.9. The van der Waals surface area contributed by atoms with Crippen LogP contribution in [-0.4, -0.2) is 20.6 Å². The lowest BCUT2D eigenvalue weighted by Crippen LogP contribution is -2.10. The molecule has 0 radical (unpaired) electrons. The van der Waals surface area contributed by atoms with E-state index >= 15 is 0 Å². The summed E-state index contributed by atoms with van der Waals surface area (Å²) in [6.07, 6.45) is 3.11. The van der Waals surface area contributed by atoms with E-state index < -0.39 is 5.97 Å². The first-order chi connectivity index (χ1) is 9.94. The van der Waals surface area contributed by atoms with Gasteiger partial charge in [0.05, 0.1) is 16.6 Å². The maximum Gasteiger partial charge on any atom is 0.337 e. The van der Waals surface area contributed by atoms with Crippen molar-refractivity contribution in [3.63, 3.8) is 0 Å². The molecule has 1 saturated carbocycles. The first kappa shape index (κ1) is 14.1.